The number of rotatable bonds is 0. The van der Waals surface area contributed by atoms with Crippen molar-refractivity contribution in [2.45, 2.75) is 13.8 Å². The molecule has 0 N–H and O–H groups in total. The third kappa shape index (κ3) is 2.30. The standard InChI is InChI=1S/C8H10O3.W.Y/c1-7(2)5(9)11-6(10)8(7,3)4;;/h1,3H2,2,4H3;;/q-2;+2;. The summed E-state index contributed by atoms with van der Waals surface area (Å²) in [5.74, 6) is -1.19. The Kier molecular flexibility index (Phi) is 5.83. The van der Waals surface area contributed by atoms with Crippen LogP contribution in [-0.2, 0) is 68.1 Å². The van der Waals surface area contributed by atoms with Crippen molar-refractivity contribution in [1.82, 2.24) is 0 Å². The first-order valence-electron chi connectivity index (χ1n) is 3.27. The third-order valence-corrected chi connectivity index (χ3v) is 2.30. The number of carbonyl (C=O) groups excluding carboxylic acids is 2. The normalized spacial score (nSPS) is 37.5. The predicted octanol–water partition coefficient (Wildman–Crippen LogP) is 0.746. The molecular formula is C8H10O3WY. The molecule has 1 saturated heterocycles. The molecule has 5 heteroatoms. The number of hydrogen-bond donors (Lipinski definition) is 0. The number of esters is 2. The molecule has 0 saturated carbocycles. The Morgan fingerprint density at radius 1 is 1.08 bits per heavy atom. The molecule has 2 atom stereocenters. The topological polar surface area (TPSA) is 43.4 Å². The van der Waals surface area contributed by atoms with Gasteiger partial charge < -0.3 is 18.6 Å². The van der Waals surface area contributed by atoms with Crippen molar-refractivity contribution in [1.29, 1.82) is 0 Å². The number of hydrogen-bond acceptors (Lipinski definition) is 3. The second-order valence-electron chi connectivity index (χ2n) is 3.34. The minimum atomic E-state index is -1.05. The summed E-state index contributed by atoms with van der Waals surface area (Å²) in [6.07, 6.45) is 0. The Morgan fingerprint density at radius 3 is 1.38 bits per heavy atom. The fourth-order valence-corrected chi connectivity index (χ4v) is 0.760. The molecule has 0 aromatic carbocycles. The first kappa shape index (κ1) is 16.4. The molecule has 1 heterocycles. The summed E-state index contributed by atoms with van der Waals surface area (Å²) in [5.41, 5.74) is -2.10. The Hall–Kier alpha value is 0.932. The average molecular weight is 427 g/mol. The maximum absolute atomic E-state index is 11.0. The van der Waals surface area contributed by atoms with Gasteiger partial charge in [-0.1, -0.05) is 24.7 Å². The molecule has 1 aliphatic heterocycles. The van der Waals surface area contributed by atoms with Crippen LogP contribution in [-0.4, -0.2) is 11.9 Å². The van der Waals surface area contributed by atoms with E-state index in [0.717, 1.165) is 0 Å². The molecule has 0 aromatic heterocycles. The molecule has 69 valence electrons. The second-order valence-corrected chi connectivity index (χ2v) is 3.34. The molecule has 3 nitrogen and oxygen atoms in total. The summed E-state index contributed by atoms with van der Waals surface area (Å²) < 4.78 is 4.39. The summed E-state index contributed by atoms with van der Waals surface area (Å²) in [5, 5.41) is 0. The van der Waals surface area contributed by atoms with Crippen LogP contribution in [0, 0.1) is 24.7 Å². The zero-order chi connectivity index (χ0) is 8.86. The van der Waals surface area contributed by atoms with E-state index in [1.54, 1.807) is 13.8 Å². The summed E-state index contributed by atoms with van der Waals surface area (Å²) in [4.78, 5) is 22.0. The Bertz CT molecular complexity index is 212. The van der Waals surface area contributed by atoms with Crippen molar-refractivity contribution in [3.8, 4) is 0 Å². The van der Waals surface area contributed by atoms with Gasteiger partial charge in [0.25, 0.3) is 11.9 Å². The van der Waals surface area contributed by atoms with Gasteiger partial charge in [0, 0.05) is 32.7 Å². The molecule has 0 aromatic rings. The van der Waals surface area contributed by atoms with Crippen LogP contribution in [0.1, 0.15) is 13.8 Å². The maximum atomic E-state index is 11.0. The molecule has 1 fully saturated rings. The molecule has 0 aliphatic carbocycles. The van der Waals surface area contributed by atoms with Crippen LogP contribution in [0.2, 0.25) is 0 Å². The van der Waals surface area contributed by atoms with Gasteiger partial charge in [0.05, 0.1) is 0 Å². The van der Waals surface area contributed by atoms with E-state index < -0.39 is 22.8 Å². The zero-order valence-corrected chi connectivity index (χ0v) is 13.4. The van der Waals surface area contributed by atoms with E-state index in [9.17, 15) is 9.59 Å². The van der Waals surface area contributed by atoms with Gasteiger partial charge in [-0.3, -0.25) is 9.59 Å². The predicted molar refractivity (Wildman–Crippen MR) is 38.0 cm³/mol. The van der Waals surface area contributed by atoms with E-state index in [-0.39, 0.29) is 53.8 Å². The first-order valence-corrected chi connectivity index (χ1v) is 3.27. The molecule has 1 aliphatic rings. The van der Waals surface area contributed by atoms with E-state index in [2.05, 4.69) is 18.6 Å². The maximum Gasteiger partial charge on any atom is 2.00 e. The minimum absolute atomic E-state index is 0. The van der Waals surface area contributed by atoms with Gasteiger partial charge in [0.15, 0.2) is 0 Å². The monoisotopic (exact) mass is 427 g/mol. The van der Waals surface area contributed by atoms with E-state index in [4.69, 9.17) is 0 Å². The summed E-state index contributed by atoms with van der Waals surface area (Å²) in [6.45, 7) is 10.3. The fourth-order valence-electron chi connectivity index (χ4n) is 0.760. The fraction of sp³-hybridized carbons (Fsp3) is 0.500. The largest absolute Gasteiger partial charge is 2.00 e. The van der Waals surface area contributed by atoms with E-state index in [1.807, 2.05) is 0 Å². The van der Waals surface area contributed by atoms with E-state index in [1.165, 1.54) is 0 Å². The molecular weight excluding hydrogens is 417 g/mol. The Balaban J connectivity index is 0. The van der Waals surface area contributed by atoms with Crippen LogP contribution in [0.3, 0.4) is 0 Å². The number of cyclic esters (lactones) is 2. The van der Waals surface area contributed by atoms with Crippen LogP contribution >= 0.6 is 0 Å². The second kappa shape index (κ2) is 4.63. The van der Waals surface area contributed by atoms with Gasteiger partial charge in [-0.2, -0.15) is 0 Å². The molecule has 2 unspecified atom stereocenters. The summed E-state index contributed by atoms with van der Waals surface area (Å²) in [6, 6.07) is 0. The Labute approximate surface area is 117 Å². The van der Waals surface area contributed by atoms with Crippen molar-refractivity contribution in [3.63, 3.8) is 0 Å². The van der Waals surface area contributed by atoms with Crippen LogP contribution < -0.4 is 0 Å². The van der Waals surface area contributed by atoms with Crippen molar-refractivity contribution in [2.24, 2.45) is 10.8 Å². The van der Waals surface area contributed by atoms with Crippen molar-refractivity contribution in [2.75, 3.05) is 0 Å². The smallest absolute Gasteiger partial charge is 0.396 e. The Morgan fingerprint density at radius 2 is 1.31 bits per heavy atom. The quantitative estimate of drug-likeness (QED) is 0.326. The van der Waals surface area contributed by atoms with Crippen molar-refractivity contribution >= 4 is 11.9 Å². The molecule has 1 radical (unpaired) electrons. The van der Waals surface area contributed by atoms with Crippen LogP contribution in [0.4, 0.5) is 0 Å². The zero-order valence-electron chi connectivity index (χ0n) is 7.62. The summed E-state index contributed by atoms with van der Waals surface area (Å²) in [7, 11) is 0. The van der Waals surface area contributed by atoms with Gasteiger partial charge in [-0.05, 0) is 0 Å². The van der Waals surface area contributed by atoms with Crippen LogP contribution in [0.25, 0.3) is 0 Å². The van der Waals surface area contributed by atoms with E-state index >= 15 is 0 Å². The first-order chi connectivity index (χ1) is 4.80. The van der Waals surface area contributed by atoms with Gasteiger partial charge in [-0.25, -0.2) is 0 Å². The third-order valence-electron chi connectivity index (χ3n) is 2.30. The molecule has 0 spiro atoms. The van der Waals surface area contributed by atoms with Gasteiger partial charge >= 0.3 is 21.1 Å². The molecule has 1 rings (SSSR count). The average Bonchev–Trinajstić information content (AvgIpc) is 1.95. The molecule has 13 heavy (non-hydrogen) atoms. The van der Waals surface area contributed by atoms with Gasteiger partial charge in [0.2, 0.25) is 0 Å². The minimum Gasteiger partial charge on any atom is -0.396 e. The molecule has 0 amide bonds. The van der Waals surface area contributed by atoms with E-state index in [0.29, 0.717) is 0 Å². The number of ether oxygens (including phenoxy) is 1. The van der Waals surface area contributed by atoms with Crippen molar-refractivity contribution < 1.29 is 68.1 Å². The summed E-state index contributed by atoms with van der Waals surface area (Å²) >= 11 is 0. The van der Waals surface area contributed by atoms with Gasteiger partial charge in [0.1, 0.15) is 0 Å². The number of carbonyl (C=O) groups is 2. The van der Waals surface area contributed by atoms with Gasteiger partial charge in [-0.15, -0.1) is 0 Å². The molecule has 0 bridgehead atoms. The SMILES string of the molecule is [CH2-]C1(C)C(=O)OC(=O)C1([CH2-])C.[W+2].[Y]. The van der Waals surface area contributed by atoms with Crippen LogP contribution in [0.5, 0.6) is 0 Å². The van der Waals surface area contributed by atoms with Crippen molar-refractivity contribution in [3.05, 3.63) is 13.8 Å². The van der Waals surface area contributed by atoms with Crippen LogP contribution in [0.15, 0.2) is 0 Å².